The summed E-state index contributed by atoms with van der Waals surface area (Å²) in [5.41, 5.74) is 6.24. The highest BCUT2D eigenvalue weighted by molar-refractivity contribution is 7.99. The van der Waals surface area contributed by atoms with E-state index in [1.807, 2.05) is 0 Å². The number of halogens is 1. The average molecular weight is 274 g/mol. The van der Waals surface area contributed by atoms with E-state index in [0.29, 0.717) is 16.3 Å². The van der Waals surface area contributed by atoms with Gasteiger partial charge in [-0.1, -0.05) is 17.7 Å². The van der Waals surface area contributed by atoms with Gasteiger partial charge in [0.05, 0.1) is 5.25 Å². The quantitative estimate of drug-likeness (QED) is 0.861. The molecule has 4 nitrogen and oxygen atoms in total. The van der Waals surface area contributed by atoms with Crippen LogP contribution in [0, 0.1) is 0 Å². The Morgan fingerprint density at radius 2 is 2.18 bits per heavy atom. The molecule has 1 aromatic carbocycles. The molecule has 0 aliphatic heterocycles. The minimum atomic E-state index is -0.861. The summed E-state index contributed by atoms with van der Waals surface area (Å²) in [7, 11) is 0. The van der Waals surface area contributed by atoms with E-state index in [-0.39, 0.29) is 0 Å². The van der Waals surface area contributed by atoms with Crippen LogP contribution in [0.4, 0.5) is 0 Å². The van der Waals surface area contributed by atoms with Gasteiger partial charge in [0.1, 0.15) is 0 Å². The van der Waals surface area contributed by atoms with Crippen LogP contribution in [0.2, 0.25) is 5.02 Å². The number of carbonyl (C=O) groups excluding carboxylic acids is 1. The van der Waals surface area contributed by atoms with Gasteiger partial charge in [-0.3, -0.25) is 9.59 Å². The normalized spacial score (nSPS) is 12.1. The van der Waals surface area contributed by atoms with E-state index < -0.39 is 17.1 Å². The van der Waals surface area contributed by atoms with E-state index in [2.05, 4.69) is 0 Å². The SMILES string of the molecule is CC(SCc1ccc(C(N)=O)cc1Cl)C(=O)O. The third-order valence-electron chi connectivity index (χ3n) is 2.17. The Kier molecular flexibility index (Phi) is 4.84. The molecular formula is C11H12ClNO3S. The van der Waals surface area contributed by atoms with Crippen LogP contribution in [0.15, 0.2) is 18.2 Å². The minimum Gasteiger partial charge on any atom is -0.480 e. The van der Waals surface area contributed by atoms with Crippen LogP contribution >= 0.6 is 23.4 Å². The van der Waals surface area contributed by atoms with Gasteiger partial charge in [0, 0.05) is 16.3 Å². The summed E-state index contributed by atoms with van der Waals surface area (Å²) in [4.78, 5) is 21.5. The predicted molar refractivity (Wildman–Crippen MR) is 68.4 cm³/mol. The first-order chi connectivity index (χ1) is 7.91. The smallest absolute Gasteiger partial charge is 0.316 e. The third kappa shape index (κ3) is 3.94. The van der Waals surface area contributed by atoms with Crippen LogP contribution < -0.4 is 5.73 Å². The highest BCUT2D eigenvalue weighted by atomic mass is 35.5. The number of benzene rings is 1. The molecule has 6 heteroatoms. The van der Waals surface area contributed by atoms with Crippen LogP contribution in [0.1, 0.15) is 22.8 Å². The number of hydrogen-bond acceptors (Lipinski definition) is 3. The molecule has 92 valence electrons. The highest BCUT2D eigenvalue weighted by Gasteiger charge is 2.12. The number of nitrogens with two attached hydrogens (primary N) is 1. The monoisotopic (exact) mass is 273 g/mol. The molecular weight excluding hydrogens is 262 g/mol. The lowest BCUT2D eigenvalue weighted by Gasteiger charge is -2.08. The number of carbonyl (C=O) groups is 2. The van der Waals surface area contributed by atoms with Gasteiger partial charge in [-0.05, 0) is 24.6 Å². The van der Waals surface area contributed by atoms with E-state index in [9.17, 15) is 9.59 Å². The summed E-state index contributed by atoms with van der Waals surface area (Å²) < 4.78 is 0. The van der Waals surface area contributed by atoms with Crippen molar-refractivity contribution in [1.29, 1.82) is 0 Å². The Labute approximate surface area is 108 Å². The molecule has 1 atom stereocenters. The first-order valence-corrected chi connectivity index (χ1v) is 6.27. The fourth-order valence-corrected chi connectivity index (χ4v) is 2.25. The lowest BCUT2D eigenvalue weighted by molar-refractivity contribution is -0.136. The Morgan fingerprint density at radius 3 is 2.65 bits per heavy atom. The van der Waals surface area contributed by atoms with Crippen molar-refractivity contribution in [3.63, 3.8) is 0 Å². The minimum absolute atomic E-state index is 0.343. The number of aliphatic carboxylic acids is 1. The molecule has 1 aromatic rings. The number of carboxylic acid groups (broad SMARTS) is 1. The molecule has 0 bridgehead atoms. The fraction of sp³-hybridized carbons (Fsp3) is 0.273. The molecule has 0 aromatic heterocycles. The predicted octanol–water partition coefficient (Wildman–Crippen LogP) is 2.15. The Balaban J connectivity index is 2.73. The molecule has 0 radical (unpaired) electrons. The van der Waals surface area contributed by atoms with Crippen molar-refractivity contribution in [2.75, 3.05) is 0 Å². The third-order valence-corrected chi connectivity index (χ3v) is 3.71. The molecule has 1 unspecified atom stereocenters. The zero-order valence-electron chi connectivity index (χ0n) is 9.14. The number of rotatable bonds is 5. The second-order valence-corrected chi connectivity index (χ2v) is 5.20. The van der Waals surface area contributed by atoms with Crippen molar-refractivity contribution in [2.24, 2.45) is 5.73 Å². The fourth-order valence-electron chi connectivity index (χ4n) is 1.10. The summed E-state index contributed by atoms with van der Waals surface area (Å²) in [6, 6.07) is 4.75. The van der Waals surface area contributed by atoms with E-state index in [0.717, 1.165) is 5.56 Å². The van der Waals surface area contributed by atoms with Gasteiger partial charge in [0.15, 0.2) is 0 Å². The van der Waals surface area contributed by atoms with Crippen molar-refractivity contribution in [1.82, 2.24) is 0 Å². The second-order valence-electron chi connectivity index (χ2n) is 3.46. The summed E-state index contributed by atoms with van der Waals surface area (Å²) in [5.74, 6) is -0.921. The number of primary amides is 1. The Hall–Kier alpha value is -1.20. The Bertz CT molecular complexity index is 450. The van der Waals surface area contributed by atoms with Crippen molar-refractivity contribution >= 4 is 35.2 Å². The molecule has 0 saturated heterocycles. The van der Waals surface area contributed by atoms with Gasteiger partial charge in [0.25, 0.3) is 0 Å². The second kappa shape index (κ2) is 5.93. The maximum atomic E-state index is 10.9. The van der Waals surface area contributed by atoms with Gasteiger partial charge < -0.3 is 10.8 Å². The topological polar surface area (TPSA) is 80.4 Å². The first kappa shape index (κ1) is 13.9. The molecule has 0 aliphatic rings. The maximum absolute atomic E-state index is 10.9. The van der Waals surface area contributed by atoms with Crippen molar-refractivity contribution in [3.8, 4) is 0 Å². The van der Waals surface area contributed by atoms with Crippen LogP contribution in [0.3, 0.4) is 0 Å². The van der Waals surface area contributed by atoms with E-state index in [1.54, 1.807) is 19.1 Å². The first-order valence-electron chi connectivity index (χ1n) is 4.84. The van der Waals surface area contributed by atoms with Crippen LogP contribution in [-0.2, 0) is 10.5 Å². The highest BCUT2D eigenvalue weighted by Crippen LogP contribution is 2.24. The molecule has 1 rings (SSSR count). The van der Waals surface area contributed by atoms with Gasteiger partial charge in [-0.2, -0.15) is 0 Å². The number of carboxylic acids is 1. The molecule has 0 spiro atoms. The van der Waals surface area contributed by atoms with Crippen LogP contribution in [0.5, 0.6) is 0 Å². The summed E-state index contributed by atoms with van der Waals surface area (Å²) >= 11 is 7.23. The van der Waals surface area contributed by atoms with E-state index in [4.69, 9.17) is 22.4 Å². The van der Waals surface area contributed by atoms with E-state index in [1.165, 1.54) is 17.8 Å². The largest absolute Gasteiger partial charge is 0.480 e. The maximum Gasteiger partial charge on any atom is 0.316 e. The summed E-state index contributed by atoms with van der Waals surface area (Å²) in [6.45, 7) is 1.61. The van der Waals surface area contributed by atoms with Gasteiger partial charge in [0.2, 0.25) is 5.91 Å². The van der Waals surface area contributed by atoms with E-state index >= 15 is 0 Å². The van der Waals surface area contributed by atoms with Crippen molar-refractivity contribution in [2.45, 2.75) is 17.9 Å². The Morgan fingerprint density at radius 1 is 1.53 bits per heavy atom. The lowest BCUT2D eigenvalue weighted by Crippen LogP contribution is -2.12. The standard InChI is InChI=1S/C11H12ClNO3S/c1-6(11(15)16)17-5-8-3-2-7(10(13)14)4-9(8)12/h2-4,6H,5H2,1H3,(H2,13,14)(H,15,16). The molecule has 17 heavy (non-hydrogen) atoms. The molecule has 0 aliphatic carbocycles. The number of hydrogen-bond donors (Lipinski definition) is 2. The summed E-state index contributed by atoms with van der Waals surface area (Å²) in [6.07, 6.45) is 0. The average Bonchev–Trinajstić information content (AvgIpc) is 2.26. The van der Waals surface area contributed by atoms with Crippen LogP contribution in [0.25, 0.3) is 0 Å². The molecule has 0 saturated carbocycles. The molecule has 0 fully saturated rings. The summed E-state index contributed by atoms with van der Waals surface area (Å²) in [5, 5.41) is 8.66. The van der Waals surface area contributed by atoms with Crippen molar-refractivity contribution in [3.05, 3.63) is 34.3 Å². The van der Waals surface area contributed by atoms with Crippen molar-refractivity contribution < 1.29 is 14.7 Å². The molecule has 3 N–H and O–H groups in total. The van der Waals surface area contributed by atoms with Gasteiger partial charge in [-0.25, -0.2) is 0 Å². The lowest BCUT2D eigenvalue weighted by atomic mass is 10.1. The zero-order chi connectivity index (χ0) is 13.0. The molecule has 1 amide bonds. The van der Waals surface area contributed by atoms with Gasteiger partial charge >= 0.3 is 5.97 Å². The van der Waals surface area contributed by atoms with Gasteiger partial charge in [-0.15, -0.1) is 11.8 Å². The number of thioether (sulfide) groups is 1. The molecule has 0 heterocycles. The zero-order valence-corrected chi connectivity index (χ0v) is 10.7. The number of amides is 1. The van der Waals surface area contributed by atoms with Crippen LogP contribution in [-0.4, -0.2) is 22.2 Å².